The van der Waals surface area contributed by atoms with Gasteiger partial charge in [0.05, 0.1) is 17.5 Å². The van der Waals surface area contributed by atoms with Crippen LogP contribution in [0.3, 0.4) is 0 Å². The first-order chi connectivity index (χ1) is 13.1. The Morgan fingerprint density at radius 3 is 2.74 bits per heavy atom. The van der Waals surface area contributed by atoms with Crippen LogP contribution in [0.1, 0.15) is 22.0 Å². The number of carbonyl (C=O) groups is 2. The molecular weight excluding hydrogens is 347 g/mol. The minimum atomic E-state index is -0.888. The Hall–Kier alpha value is -3.48. The van der Waals surface area contributed by atoms with Crippen LogP contribution < -0.4 is 5.32 Å². The van der Waals surface area contributed by atoms with Gasteiger partial charge in [0.25, 0.3) is 5.91 Å². The number of nitrogens with zero attached hydrogens (tertiary/aromatic N) is 2. The molecule has 0 spiro atoms. The van der Waals surface area contributed by atoms with E-state index in [1.54, 1.807) is 6.07 Å². The zero-order valence-electron chi connectivity index (χ0n) is 14.4. The molecule has 7 heteroatoms. The predicted molar refractivity (Wildman–Crippen MR) is 97.2 cm³/mol. The van der Waals surface area contributed by atoms with Crippen LogP contribution in [0.25, 0.3) is 11.3 Å². The van der Waals surface area contributed by atoms with Gasteiger partial charge in [-0.2, -0.15) is 5.10 Å². The van der Waals surface area contributed by atoms with Gasteiger partial charge in [-0.1, -0.05) is 42.5 Å². The van der Waals surface area contributed by atoms with Gasteiger partial charge in [-0.25, -0.2) is 4.39 Å². The number of aromatic nitrogens is 2. The van der Waals surface area contributed by atoms with Crippen molar-refractivity contribution < 1.29 is 14.0 Å². The molecule has 1 aliphatic heterocycles. The summed E-state index contributed by atoms with van der Waals surface area (Å²) in [6, 6.07) is 14.2. The van der Waals surface area contributed by atoms with Gasteiger partial charge in [0.15, 0.2) is 0 Å². The largest absolute Gasteiger partial charge is 0.352 e. The zero-order chi connectivity index (χ0) is 18.8. The summed E-state index contributed by atoms with van der Waals surface area (Å²) >= 11 is 0. The van der Waals surface area contributed by atoms with Crippen molar-refractivity contribution in [2.45, 2.75) is 6.04 Å². The van der Waals surface area contributed by atoms with E-state index in [1.165, 1.54) is 29.3 Å². The number of benzene rings is 2. The lowest BCUT2D eigenvalue weighted by Gasteiger charge is -2.35. The minimum absolute atomic E-state index is 0.325. The monoisotopic (exact) mass is 364 g/mol. The van der Waals surface area contributed by atoms with Crippen molar-refractivity contribution >= 4 is 11.8 Å². The fraction of sp³-hybridized carbons (Fsp3) is 0.150. The summed E-state index contributed by atoms with van der Waals surface area (Å²) in [7, 11) is 0. The van der Waals surface area contributed by atoms with Gasteiger partial charge in [-0.15, -0.1) is 0 Å². The van der Waals surface area contributed by atoms with Crippen molar-refractivity contribution in [3.8, 4) is 11.3 Å². The maximum atomic E-state index is 13.7. The van der Waals surface area contributed by atoms with E-state index in [0.29, 0.717) is 29.9 Å². The summed E-state index contributed by atoms with van der Waals surface area (Å²) in [5.74, 6) is -1.11. The molecule has 1 fully saturated rings. The molecule has 0 radical (unpaired) electrons. The van der Waals surface area contributed by atoms with Crippen molar-refractivity contribution in [3.63, 3.8) is 0 Å². The lowest BCUT2D eigenvalue weighted by Crippen LogP contribution is -2.52. The third-order valence-electron chi connectivity index (χ3n) is 4.57. The number of hydrogen-bond donors (Lipinski definition) is 2. The van der Waals surface area contributed by atoms with Gasteiger partial charge in [0.2, 0.25) is 5.91 Å². The summed E-state index contributed by atoms with van der Waals surface area (Å²) in [5, 5.41) is 9.62. The van der Waals surface area contributed by atoms with Crippen molar-refractivity contribution in [3.05, 3.63) is 77.7 Å². The topological polar surface area (TPSA) is 78.1 Å². The number of piperazine rings is 1. The Morgan fingerprint density at radius 1 is 1.15 bits per heavy atom. The van der Waals surface area contributed by atoms with E-state index in [-0.39, 0.29) is 11.8 Å². The van der Waals surface area contributed by atoms with Crippen LogP contribution in [0.2, 0.25) is 0 Å². The molecule has 136 valence electrons. The van der Waals surface area contributed by atoms with Crippen molar-refractivity contribution in [1.82, 2.24) is 20.4 Å². The Bertz CT molecular complexity index is 986. The van der Waals surface area contributed by atoms with Gasteiger partial charge in [-0.05, 0) is 17.7 Å². The van der Waals surface area contributed by atoms with E-state index in [0.717, 1.165) is 5.56 Å². The standard InChI is InChI=1S/C20H17FN4O2/c21-15-8-4-7-14(11-15)18-19(26)22-9-10-25(18)20(27)16-12-23-24-17(16)13-5-2-1-3-6-13/h1-8,11-12,18H,9-10H2,(H,22,26)(H,23,24)/t18-/m1/s1. The normalized spacial score (nSPS) is 16.9. The lowest BCUT2D eigenvalue weighted by atomic mass is 10.00. The third kappa shape index (κ3) is 3.19. The highest BCUT2D eigenvalue weighted by atomic mass is 19.1. The second-order valence-electron chi connectivity index (χ2n) is 6.27. The van der Waals surface area contributed by atoms with Crippen molar-refractivity contribution in [2.75, 3.05) is 13.1 Å². The Kier molecular flexibility index (Phi) is 4.42. The highest BCUT2D eigenvalue weighted by molar-refractivity contribution is 6.02. The summed E-state index contributed by atoms with van der Waals surface area (Å²) in [4.78, 5) is 27.2. The summed E-state index contributed by atoms with van der Waals surface area (Å²) in [6.45, 7) is 0.667. The number of aromatic amines is 1. The Balaban J connectivity index is 1.72. The minimum Gasteiger partial charge on any atom is -0.352 e. The molecule has 2 N–H and O–H groups in total. The highest BCUT2D eigenvalue weighted by Crippen LogP contribution is 2.28. The van der Waals surface area contributed by atoms with Gasteiger partial charge in [0.1, 0.15) is 11.9 Å². The van der Waals surface area contributed by atoms with E-state index >= 15 is 0 Å². The first-order valence-corrected chi connectivity index (χ1v) is 8.58. The van der Waals surface area contributed by atoms with Crippen molar-refractivity contribution in [2.24, 2.45) is 0 Å². The molecule has 4 rings (SSSR count). The molecule has 2 aromatic carbocycles. The molecule has 1 aromatic heterocycles. The van der Waals surface area contributed by atoms with E-state index in [9.17, 15) is 14.0 Å². The fourth-order valence-electron chi connectivity index (χ4n) is 3.32. The van der Waals surface area contributed by atoms with Gasteiger partial charge < -0.3 is 10.2 Å². The average molecular weight is 364 g/mol. The first-order valence-electron chi connectivity index (χ1n) is 8.58. The second kappa shape index (κ2) is 7.03. The molecule has 2 amide bonds. The number of amides is 2. The van der Waals surface area contributed by atoms with Gasteiger partial charge >= 0.3 is 0 Å². The second-order valence-corrected chi connectivity index (χ2v) is 6.27. The summed E-state index contributed by atoms with van der Waals surface area (Å²) in [6.07, 6.45) is 1.46. The summed E-state index contributed by atoms with van der Waals surface area (Å²) in [5.41, 5.74) is 2.22. The number of hydrogen-bond acceptors (Lipinski definition) is 3. The van der Waals surface area contributed by atoms with Crippen LogP contribution >= 0.6 is 0 Å². The fourth-order valence-corrected chi connectivity index (χ4v) is 3.32. The average Bonchev–Trinajstić information content (AvgIpc) is 3.18. The van der Waals surface area contributed by atoms with Crippen LogP contribution in [0.5, 0.6) is 0 Å². The van der Waals surface area contributed by atoms with E-state index in [2.05, 4.69) is 15.5 Å². The van der Waals surface area contributed by atoms with E-state index < -0.39 is 11.9 Å². The SMILES string of the molecule is O=C1NCCN(C(=O)c2cn[nH]c2-c2ccccc2)[C@@H]1c1cccc(F)c1. The smallest absolute Gasteiger partial charge is 0.258 e. The molecule has 2 heterocycles. The molecule has 1 aliphatic rings. The van der Waals surface area contributed by atoms with E-state index in [1.807, 2.05) is 30.3 Å². The molecule has 0 unspecified atom stereocenters. The number of rotatable bonds is 3. The van der Waals surface area contributed by atoms with Crippen LogP contribution in [0.4, 0.5) is 4.39 Å². The quantitative estimate of drug-likeness (QED) is 0.750. The molecule has 6 nitrogen and oxygen atoms in total. The predicted octanol–water partition coefficient (Wildman–Crippen LogP) is 2.53. The first kappa shape index (κ1) is 17.0. The number of carbonyl (C=O) groups excluding carboxylic acids is 2. The molecule has 0 saturated carbocycles. The number of nitrogens with one attached hydrogen (secondary N) is 2. The molecule has 1 saturated heterocycles. The molecular formula is C20H17FN4O2. The lowest BCUT2D eigenvalue weighted by molar-refractivity contribution is -0.128. The Labute approximate surface area is 155 Å². The number of halogens is 1. The molecule has 0 bridgehead atoms. The van der Waals surface area contributed by atoms with Crippen LogP contribution in [0.15, 0.2) is 60.8 Å². The Morgan fingerprint density at radius 2 is 1.96 bits per heavy atom. The number of H-pyrrole nitrogens is 1. The van der Waals surface area contributed by atoms with Crippen LogP contribution in [-0.4, -0.2) is 40.0 Å². The third-order valence-corrected chi connectivity index (χ3v) is 4.57. The van der Waals surface area contributed by atoms with E-state index in [4.69, 9.17) is 0 Å². The van der Waals surface area contributed by atoms with Gasteiger partial charge in [-0.3, -0.25) is 14.7 Å². The molecule has 1 atom stereocenters. The zero-order valence-corrected chi connectivity index (χ0v) is 14.4. The molecule has 27 heavy (non-hydrogen) atoms. The maximum Gasteiger partial charge on any atom is 0.258 e. The van der Waals surface area contributed by atoms with Gasteiger partial charge in [0, 0.05) is 18.7 Å². The maximum absolute atomic E-state index is 13.7. The summed E-state index contributed by atoms with van der Waals surface area (Å²) < 4.78 is 13.7. The molecule has 0 aliphatic carbocycles. The van der Waals surface area contributed by atoms with Crippen molar-refractivity contribution in [1.29, 1.82) is 0 Å². The van der Waals surface area contributed by atoms with Crippen LogP contribution in [0, 0.1) is 5.82 Å². The highest BCUT2D eigenvalue weighted by Gasteiger charge is 2.36. The molecule has 3 aromatic rings. The van der Waals surface area contributed by atoms with Crippen LogP contribution in [-0.2, 0) is 4.79 Å².